The van der Waals surface area contributed by atoms with E-state index in [0.29, 0.717) is 18.3 Å². The van der Waals surface area contributed by atoms with Crippen molar-refractivity contribution in [3.63, 3.8) is 0 Å². The summed E-state index contributed by atoms with van der Waals surface area (Å²) in [7, 11) is 1.60. The van der Waals surface area contributed by atoms with Crippen molar-refractivity contribution in [1.29, 1.82) is 0 Å². The summed E-state index contributed by atoms with van der Waals surface area (Å²) < 4.78 is 5.38. The third-order valence-corrected chi connectivity index (χ3v) is 6.05. The van der Waals surface area contributed by atoms with E-state index in [1.807, 2.05) is 29.2 Å². The SMILES string of the molecule is COc1ccccc1N1CC(C(=O)N2CCC(NCC3CC3)CC2)CC1=O.Cl. The lowest BCUT2D eigenvalue weighted by atomic mass is 10.0. The quantitative estimate of drug-likeness (QED) is 0.786. The molecule has 154 valence electrons. The molecule has 28 heavy (non-hydrogen) atoms. The van der Waals surface area contributed by atoms with Crippen molar-refractivity contribution in [1.82, 2.24) is 10.2 Å². The van der Waals surface area contributed by atoms with E-state index in [1.165, 1.54) is 12.8 Å². The zero-order chi connectivity index (χ0) is 18.8. The molecule has 0 radical (unpaired) electrons. The van der Waals surface area contributed by atoms with Gasteiger partial charge in [-0.3, -0.25) is 9.59 Å². The number of nitrogens with one attached hydrogen (secondary N) is 1. The Kier molecular flexibility index (Phi) is 6.83. The molecule has 0 spiro atoms. The predicted molar refractivity (Wildman–Crippen MR) is 111 cm³/mol. The molecule has 1 aromatic carbocycles. The van der Waals surface area contributed by atoms with Gasteiger partial charge in [0, 0.05) is 32.1 Å². The Morgan fingerprint density at radius 3 is 2.57 bits per heavy atom. The van der Waals surface area contributed by atoms with Gasteiger partial charge in [-0.25, -0.2) is 0 Å². The summed E-state index contributed by atoms with van der Waals surface area (Å²) in [6.07, 6.45) is 5.03. The van der Waals surface area contributed by atoms with E-state index < -0.39 is 0 Å². The highest BCUT2D eigenvalue weighted by atomic mass is 35.5. The van der Waals surface area contributed by atoms with Crippen LogP contribution in [0.3, 0.4) is 0 Å². The number of piperidine rings is 1. The molecular weight excluding hydrogens is 378 g/mol. The maximum absolute atomic E-state index is 13.0. The number of halogens is 1. The Morgan fingerprint density at radius 1 is 1.18 bits per heavy atom. The molecule has 1 N–H and O–H groups in total. The fourth-order valence-corrected chi connectivity index (χ4v) is 4.18. The number of carbonyl (C=O) groups excluding carboxylic acids is 2. The third kappa shape index (κ3) is 4.61. The third-order valence-electron chi connectivity index (χ3n) is 6.05. The van der Waals surface area contributed by atoms with Crippen LogP contribution >= 0.6 is 12.4 Å². The molecule has 1 unspecified atom stereocenters. The summed E-state index contributed by atoms with van der Waals surface area (Å²) in [5, 5.41) is 3.65. The largest absolute Gasteiger partial charge is 0.495 e. The molecule has 6 nitrogen and oxygen atoms in total. The van der Waals surface area contributed by atoms with E-state index in [0.717, 1.165) is 44.1 Å². The van der Waals surface area contributed by atoms with E-state index in [-0.39, 0.29) is 36.6 Å². The van der Waals surface area contributed by atoms with Crippen LogP contribution in [0, 0.1) is 11.8 Å². The van der Waals surface area contributed by atoms with Crippen molar-refractivity contribution in [3.05, 3.63) is 24.3 Å². The molecule has 1 saturated carbocycles. The molecule has 0 aromatic heterocycles. The first-order chi connectivity index (χ1) is 13.2. The van der Waals surface area contributed by atoms with Gasteiger partial charge in [0.05, 0.1) is 18.7 Å². The van der Waals surface area contributed by atoms with E-state index in [9.17, 15) is 9.59 Å². The number of para-hydroxylation sites is 2. The molecule has 1 atom stereocenters. The number of hydrogen-bond acceptors (Lipinski definition) is 4. The Balaban J connectivity index is 0.00000225. The van der Waals surface area contributed by atoms with Crippen molar-refractivity contribution in [3.8, 4) is 5.75 Å². The van der Waals surface area contributed by atoms with Gasteiger partial charge in [0.2, 0.25) is 11.8 Å². The first-order valence-corrected chi connectivity index (χ1v) is 10.1. The van der Waals surface area contributed by atoms with Crippen LogP contribution in [0.4, 0.5) is 5.69 Å². The number of ether oxygens (including phenoxy) is 1. The van der Waals surface area contributed by atoms with Crippen molar-refractivity contribution in [2.24, 2.45) is 11.8 Å². The highest BCUT2D eigenvalue weighted by Crippen LogP contribution is 2.33. The molecule has 4 rings (SSSR count). The molecule has 2 saturated heterocycles. The van der Waals surface area contributed by atoms with Crippen LogP contribution in [-0.4, -0.2) is 56.0 Å². The molecule has 3 fully saturated rings. The first kappa shape index (κ1) is 20.9. The van der Waals surface area contributed by atoms with Gasteiger partial charge in [0.15, 0.2) is 0 Å². The molecule has 2 aliphatic heterocycles. The molecule has 7 heteroatoms. The lowest BCUT2D eigenvalue weighted by Crippen LogP contribution is -2.47. The minimum Gasteiger partial charge on any atom is -0.495 e. The Hall–Kier alpha value is -1.79. The minimum atomic E-state index is -0.251. The maximum atomic E-state index is 13.0. The lowest BCUT2D eigenvalue weighted by Gasteiger charge is -2.34. The van der Waals surface area contributed by atoms with E-state index >= 15 is 0 Å². The van der Waals surface area contributed by atoms with Crippen molar-refractivity contribution >= 4 is 29.9 Å². The summed E-state index contributed by atoms with van der Waals surface area (Å²) >= 11 is 0. The number of nitrogens with zero attached hydrogens (tertiary/aromatic N) is 2. The number of benzene rings is 1. The molecular formula is C21H30ClN3O3. The number of methoxy groups -OCH3 is 1. The average Bonchev–Trinajstić information content (AvgIpc) is 3.46. The zero-order valence-electron chi connectivity index (χ0n) is 16.4. The van der Waals surface area contributed by atoms with E-state index in [1.54, 1.807) is 12.0 Å². The molecule has 2 heterocycles. The second-order valence-corrected chi connectivity index (χ2v) is 8.03. The lowest BCUT2D eigenvalue weighted by molar-refractivity contribution is -0.136. The summed E-state index contributed by atoms with van der Waals surface area (Å²) in [4.78, 5) is 29.1. The molecule has 2 amide bonds. The van der Waals surface area contributed by atoms with E-state index in [2.05, 4.69) is 5.32 Å². The van der Waals surface area contributed by atoms with Gasteiger partial charge in [-0.2, -0.15) is 0 Å². The van der Waals surface area contributed by atoms with Crippen molar-refractivity contribution in [2.75, 3.05) is 38.2 Å². The topological polar surface area (TPSA) is 61.9 Å². The van der Waals surface area contributed by atoms with Gasteiger partial charge >= 0.3 is 0 Å². The predicted octanol–water partition coefficient (Wildman–Crippen LogP) is 2.46. The number of carbonyl (C=O) groups is 2. The van der Waals surface area contributed by atoms with Gasteiger partial charge in [0.25, 0.3) is 0 Å². The summed E-state index contributed by atoms with van der Waals surface area (Å²) in [5.74, 6) is 1.43. The van der Waals surface area contributed by atoms with Crippen LogP contribution in [-0.2, 0) is 9.59 Å². The van der Waals surface area contributed by atoms with Crippen LogP contribution in [0.5, 0.6) is 5.75 Å². The number of amides is 2. The maximum Gasteiger partial charge on any atom is 0.228 e. The fraction of sp³-hybridized carbons (Fsp3) is 0.619. The Morgan fingerprint density at radius 2 is 1.89 bits per heavy atom. The first-order valence-electron chi connectivity index (χ1n) is 10.1. The van der Waals surface area contributed by atoms with Crippen LogP contribution in [0.1, 0.15) is 32.1 Å². The van der Waals surface area contributed by atoms with Crippen LogP contribution < -0.4 is 15.0 Å². The number of likely N-dealkylation sites (tertiary alicyclic amines) is 1. The molecule has 0 bridgehead atoms. The standard InChI is InChI=1S/C21H29N3O3.ClH/c1-27-19-5-3-2-4-18(19)24-14-16(12-20(24)25)21(26)23-10-8-17(9-11-23)22-13-15-6-7-15;/h2-5,15-17,22H,6-14H2,1H3;1H. The highest BCUT2D eigenvalue weighted by molar-refractivity contribution is 6.01. The highest BCUT2D eigenvalue weighted by Gasteiger charge is 2.39. The molecule has 1 aromatic rings. The second kappa shape index (κ2) is 9.14. The number of rotatable bonds is 6. The van der Waals surface area contributed by atoms with Gasteiger partial charge in [-0.15, -0.1) is 12.4 Å². The molecule has 3 aliphatic rings. The van der Waals surface area contributed by atoms with Crippen molar-refractivity contribution < 1.29 is 14.3 Å². The van der Waals surface area contributed by atoms with Gasteiger partial charge in [-0.05, 0) is 50.3 Å². The zero-order valence-corrected chi connectivity index (χ0v) is 17.2. The van der Waals surface area contributed by atoms with Gasteiger partial charge in [-0.1, -0.05) is 12.1 Å². The van der Waals surface area contributed by atoms with Crippen LogP contribution in [0.25, 0.3) is 0 Å². The van der Waals surface area contributed by atoms with Crippen LogP contribution in [0.15, 0.2) is 24.3 Å². The summed E-state index contributed by atoms with van der Waals surface area (Å²) in [5.41, 5.74) is 0.753. The molecule has 1 aliphatic carbocycles. The van der Waals surface area contributed by atoms with E-state index in [4.69, 9.17) is 4.74 Å². The number of anilines is 1. The second-order valence-electron chi connectivity index (χ2n) is 8.03. The average molecular weight is 408 g/mol. The van der Waals surface area contributed by atoms with Crippen LogP contribution in [0.2, 0.25) is 0 Å². The van der Waals surface area contributed by atoms with Gasteiger partial charge < -0.3 is 19.9 Å². The fourth-order valence-electron chi connectivity index (χ4n) is 4.18. The smallest absolute Gasteiger partial charge is 0.228 e. The Labute approximate surface area is 173 Å². The summed E-state index contributed by atoms with van der Waals surface area (Å²) in [6, 6.07) is 8.02. The minimum absolute atomic E-state index is 0. The van der Waals surface area contributed by atoms with Gasteiger partial charge in [0.1, 0.15) is 5.75 Å². The number of hydrogen-bond donors (Lipinski definition) is 1. The Bertz CT molecular complexity index is 702. The monoisotopic (exact) mass is 407 g/mol. The normalized spacial score (nSPS) is 22.9. The summed E-state index contributed by atoms with van der Waals surface area (Å²) in [6.45, 7) is 3.16. The van der Waals surface area contributed by atoms with Crippen molar-refractivity contribution in [2.45, 2.75) is 38.1 Å².